The fourth-order valence-corrected chi connectivity index (χ4v) is 4.05. The minimum atomic E-state index is -2.30. The van der Waals surface area contributed by atoms with Gasteiger partial charge in [0.1, 0.15) is 35.1 Å². The molecule has 8 N–H and O–H groups in total. The number of methoxy groups -OCH3 is 1. The van der Waals surface area contributed by atoms with Gasteiger partial charge in [-0.15, -0.1) is 0 Å². The molecule has 1 fully saturated rings. The van der Waals surface area contributed by atoms with E-state index in [-0.39, 0.29) is 12.1 Å². The van der Waals surface area contributed by atoms with E-state index in [4.69, 9.17) is 10.5 Å². The highest BCUT2D eigenvalue weighted by Crippen LogP contribution is 2.30. The summed E-state index contributed by atoms with van der Waals surface area (Å²) in [6.45, 7) is 0. The summed E-state index contributed by atoms with van der Waals surface area (Å²) in [5.41, 5.74) is 3.41. The average Bonchev–Trinajstić information content (AvgIpc) is 2.84. The topological polar surface area (TPSA) is 183 Å². The number of rotatable bonds is 8. The minimum Gasteiger partial charge on any atom is -0.497 e. The van der Waals surface area contributed by atoms with Gasteiger partial charge in [-0.2, -0.15) is 0 Å². The maximum atomic E-state index is 13.8. The summed E-state index contributed by atoms with van der Waals surface area (Å²) < 4.78 is 32.0. The maximum Gasteiger partial charge on any atom is 0.319 e. The third kappa shape index (κ3) is 6.90. The predicted octanol–water partition coefficient (Wildman–Crippen LogP) is -0.0770. The van der Waals surface area contributed by atoms with E-state index in [0.29, 0.717) is 17.4 Å². The summed E-state index contributed by atoms with van der Waals surface area (Å²) >= 11 is 0. The van der Waals surface area contributed by atoms with E-state index in [1.165, 1.54) is 7.11 Å². The largest absolute Gasteiger partial charge is 0.497 e. The van der Waals surface area contributed by atoms with E-state index in [0.717, 1.165) is 12.1 Å². The summed E-state index contributed by atoms with van der Waals surface area (Å²) in [5.74, 6) is -3.25. The van der Waals surface area contributed by atoms with Crippen molar-refractivity contribution in [3.8, 4) is 5.75 Å². The summed E-state index contributed by atoms with van der Waals surface area (Å²) in [6, 6.07) is 5.48. The average molecular weight is 523 g/mol. The van der Waals surface area contributed by atoms with Gasteiger partial charge in [-0.3, -0.25) is 9.59 Å². The first-order chi connectivity index (χ1) is 17.4. The Labute approximate surface area is 210 Å². The van der Waals surface area contributed by atoms with E-state index in [2.05, 4.69) is 16.0 Å². The van der Waals surface area contributed by atoms with E-state index in [9.17, 15) is 38.5 Å². The van der Waals surface area contributed by atoms with E-state index >= 15 is 0 Å². The monoisotopic (exact) mass is 522 g/mol. The Kier molecular flexibility index (Phi) is 8.63. The van der Waals surface area contributed by atoms with Crippen LogP contribution < -0.4 is 26.4 Å². The molecular weight excluding hydrogens is 494 g/mol. The van der Waals surface area contributed by atoms with Crippen LogP contribution in [0, 0.1) is 11.6 Å². The lowest BCUT2D eigenvalue weighted by Crippen LogP contribution is -2.64. The van der Waals surface area contributed by atoms with Gasteiger partial charge < -0.3 is 41.7 Å². The zero-order chi connectivity index (χ0) is 27.3. The fourth-order valence-electron chi connectivity index (χ4n) is 4.05. The van der Waals surface area contributed by atoms with E-state index in [1.807, 2.05) is 0 Å². The smallest absolute Gasteiger partial charge is 0.319 e. The normalized spacial score (nSPS) is 24.0. The van der Waals surface area contributed by atoms with Crippen LogP contribution in [0.4, 0.5) is 19.3 Å². The molecule has 37 heavy (non-hydrogen) atoms. The second-order valence-electron chi connectivity index (χ2n) is 8.81. The van der Waals surface area contributed by atoms with Gasteiger partial charge in [0, 0.05) is 25.3 Å². The highest BCUT2D eigenvalue weighted by Gasteiger charge is 2.49. The van der Waals surface area contributed by atoms with Crippen molar-refractivity contribution < 1.29 is 43.2 Å². The number of carbonyl (C=O) groups excluding carboxylic acids is 3. The zero-order valence-corrected chi connectivity index (χ0v) is 19.8. The number of ether oxygens (including phenoxy) is 1. The van der Waals surface area contributed by atoms with Gasteiger partial charge in [0.2, 0.25) is 5.91 Å². The van der Waals surface area contributed by atoms with E-state index < -0.39 is 72.2 Å². The Morgan fingerprint density at radius 1 is 1.14 bits per heavy atom. The van der Waals surface area contributed by atoms with Crippen LogP contribution in [-0.4, -0.2) is 70.2 Å². The molecule has 0 aliphatic heterocycles. The number of hydrogen-bond acceptors (Lipinski definition) is 7. The minimum absolute atomic E-state index is 0.000352. The quantitative estimate of drug-likeness (QED) is 0.253. The molecule has 2 aromatic rings. The Hall–Kier alpha value is -3.81. The lowest BCUT2D eigenvalue weighted by atomic mass is 9.77. The maximum absolute atomic E-state index is 13.8. The number of nitrogens with one attached hydrogen (secondary N) is 3. The third-order valence-corrected chi connectivity index (χ3v) is 6.08. The lowest BCUT2D eigenvalue weighted by Gasteiger charge is -2.41. The fraction of sp³-hybridized carbons (Fsp3) is 0.375. The first-order valence-electron chi connectivity index (χ1n) is 11.3. The number of benzene rings is 2. The number of hydrogen-bond donors (Lipinski definition) is 7. The number of aliphatic hydroxyl groups is 3. The molecule has 200 valence electrons. The molecule has 2 aromatic carbocycles. The first-order valence-corrected chi connectivity index (χ1v) is 11.3. The van der Waals surface area contributed by atoms with Crippen LogP contribution >= 0.6 is 0 Å². The molecule has 0 radical (unpaired) electrons. The number of amides is 4. The van der Waals surface area contributed by atoms with Crippen molar-refractivity contribution in [1.29, 1.82) is 0 Å². The molecule has 5 unspecified atom stereocenters. The summed E-state index contributed by atoms with van der Waals surface area (Å²) in [7, 11) is 1.49. The van der Waals surface area contributed by atoms with Gasteiger partial charge in [-0.1, -0.05) is 12.1 Å². The molecule has 1 aliphatic rings. The molecular formula is C24H28F2N4O7. The molecule has 1 saturated carbocycles. The molecule has 0 heterocycles. The lowest BCUT2D eigenvalue weighted by molar-refractivity contribution is -0.158. The van der Waals surface area contributed by atoms with Crippen molar-refractivity contribution in [2.45, 2.75) is 49.2 Å². The molecule has 11 nitrogen and oxygen atoms in total. The SMILES string of the molecule is COc1ccc(CC(NC(=O)C2(O)CC(O)C(O)C(NC(=O)Nc3ccc(F)cc3F)C2)C(N)=O)cc1. The van der Waals surface area contributed by atoms with Crippen molar-refractivity contribution in [2.24, 2.45) is 5.73 Å². The molecule has 3 rings (SSSR count). The highest BCUT2D eigenvalue weighted by molar-refractivity contribution is 5.92. The molecule has 0 saturated heterocycles. The van der Waals surface area contributed by atoms with Crippen LogP contribution in [-0.2, 0) is 16.0 Å². The number of urea groups is 1. The van der Waals surface area contributed by atoms with Crippen molar-refractivity contribution >= 4 is 23.5 Å². The molecule has 4 amide bonds. The Balaban J connectivity index is 1.69. The number of carbonyl (C=O) groups is 3. The number of halogens is 2. The molecule has 5 atom stereocenters. The predicted molar refractivity (Wildman–Crippen MR) is 126 cm³/mol. The standard InChI is InChI=1S/C24H28F2N4O7/c1-37-14-5-2-12(3-6-14)8-17(21(27)33)28-22(34)24(36)10-18(20(32)19(31)11-24)30-23(35)29-16-7-4-13(25)9-15(16)26/h2-7,9,17-20,31-32,36H,8,10-11H2,1H3,(H2,27,33)(H,28,34)(H2,29,30,35). The van der Waals surface area contributed by atoms with Gasteiger partial charge in [-0.05, 0) is 29.8 Å². The Bertz CT molecular complexity index is 1150. The number of anilines is 1. The first kappa shape index (κ1) is 27.8. The van der Waals surface area contributed by atoms with Gasteiger partial charge in [0.05, 0.1) is 24.9 Å². The third-order valence-electron chi connectivity index (χ3n) is 6.08. The van der Waals surface area contributed by atoms with Crippen LogP contribution in [0.2, 0.25) is 0 Å². The second kappa shape index (κ2) is 11.5. The zero-order valence-electron chi connectivity index (χ0n) is 19.8. The summed E-state index contributed by atoms with van der Waals surface area (Å²) in [6.07, 6.45) is -4.36. The van der Waals surface area contributed by atoms with Gasteiger partial charge in [0.15, 0.2) is 0 Å². The van der Waals surface area contributed by atoms with Gasteiger partial charge in [0.25, 0.3) is 5.91 Å². The second-order valence-corrected chi connectivity index (χ2v) is 8.81. The molecule has 0 bridgehead atoms. The van der Waals surface area contributed by atoms with Crippen LogP contribution in [0.3, 0.4) is 0 Å². The molecule has 1 aliphatic carbocycles. The van der Waals surface area contributed by atoms with Crippen LogP contribution in [0.15, 0.2) is 42.5 Å². The van der Waals surface area contributed by atoms with Crippen LogP contribution in [0.1, 0.15) is 18.4 Å². The van der Waals surface area contributed by atoms with Crippen molar-refractivity contribution in [1.82, 2.24) is 10.6 Å². The van der Waals surface area contributed by atoms with E-state index in [1.54, 1.807) is 24.3 Å². The van der Waals surface area contributed by atoms with Gasteiger partial charge in [-0.25, -0.2) is 13.6 Å². The Morgan fingerprint density at radius 3 is 2.41 bits per heavy atom. The molecule has 13 heteroatoms. The number of aliphatic hydroxyl groups excluding tert-OH is 2. The molecule has 0 aromatic heterocycles. The number of nitrogens with two attached hydrogens (primary N) is 1. The highest BCUT2D eigenvalue weighted by atomic mass is 19.1. The van der Waals surface area contributed by atoms with Crippen LogP contribution in [0.5, 0.6) is 5.75 Å². The van der Waals surface area contributed by atoms with Crippen molar-refractivity contribution in [3.63, 3.8) is 0 Å². The Morgan fingerprint density at radius 2 is 1.81 bits per heavy atom. The molecule has 0 spiro atoms. The van der Waals surface area contributed by atoms with Crippen molar-refractivity contribution in [3.05, 3.63) is 59.7 Å². The number of primary amides is 1. The van der Waals surface area contributed by atoms with Crippen molar-refractivity contribution in [2.75, 3.05) is 12.4 Å². The van der Waals surface area contributed by atoms with Crippen LogP contribution in [0.25, 0.3) is 0 Å². The summed E-state index contributed by atoms with van der Waals surface area (Å²) in [5, 5.41) is 38.4. The van der Waals surface area contributed by atoms with Gasteiger partial charge >= 0.3 is 6.03 Å². The summed E-state index contributed by atoms with van der Waals surface area (Å²) in [4.78, 5) is 37.3.